The Morgan fingerprint density at radius 3 is 2.21 bits per heavy atom. The van der Waals surface area contributed by atoms with Crippen LogP contribution in [-0.2, 0) is 16.3 Å². The smallest absolute Gasteiger partial charge is 0.262 e. The maximum atomic E-state index is 12.1. The highest BCUT2D eigenvalue weighted by atomic mass is 32.9. The molecule has 2 amide bonds. The van der Waals surface area contributed by atoms with Gasteiger partial charge in [-0.15, -0.1) is 0 Å². The third-order valence-corrected chi connectivity index (χ3v) is 9.94. The minimum absolute atomic E-state index is 0.248. The van der Waals surface area contributed by atoms with Crippen LogP contribution in [0.5, 0.6) is 0 Å². The van der Waals surface area contributed by atoms with E-state index in [2.05, 4.69) is 0 Å². The zero-order valence-electron chi connectivity index (χ0n) is 10.7. The highest BCUT2D eigenvalue weighted by molar-refractivity contribution is 8.69. The molecule has 1 heterocycles. The molecule has 1 atom stereocenters. The predicted octanol–water partition coefficient (Wildman–Crippen LogP) is 2.95. The summed E-state index contributed by atoms with van der Waals surface area (Å²) >= 11 is 6.79. The van der Waals surface area contributed by atoms with Gasteiger partial charge in [-0.1, -0.05) is 42.2 Å². The van der Waals surface area contributed by atoms with Crippen LogP contribution in [0, 0.1) is 0 Å². The molecule has 1 aliphatic heterocycles. The van der Waals surface area contributed by atoms with Crippen molar-refractivity contribution in [2.45, 2.75) is 6.92 Å². The highest BCUT2D eigenvalue weighted by Crippen LogP contribution is 2.59. The van der Waals surface area contributed by atoms with Gasteiger partial charge in [-0.3, -0.25) is 14.5 Å². The van der Waals surface area contributed by atoms with E-state index < -0.39 is 5.47 Å². The first-order valence-electron chi connectivity index (χ1n) is 5.77. The molecule has 1 unspecified atom stereocenters. The van der Waals surface area contributed by atoms with Gasteiger partial charge in [0.2, 0.25) is 0 Å². The van der Waals surface area contributed by atoms with Gasteiger partial charge < -0.3 is 4.52 Å². The molecule has 102 valence electrons. The Morgan fingerprint density at radius 1 is 1.26 bits per heavy atom. The van der Waals surface area contributed by atoms with Crippen LogP contribution in [0.1, 0.15) is 27.6 Å². The van der Waals surface area contributed by atoms with Gasteiger partial charge in [0.25, 0.3) is 11.8 Å². The quantitative estimate of drug-likeness (QED) is 0.617. The van der Waals surface area contributed by atoms with Crippen molar-refractivity contribution in [2.75, 3.05) is 19.1 Å². The molecule has 1 aliphatic rings. The van der Waals surface area contributed by atoms with Crippen LogP contribution in [0.2, 0.25) is 0 Å². The third kappa shape index (κ3) is 2.77. The normalized spacial score (nSPS) is 17.5. The van der Waals surface area contributed by atoms with E-state index in [-0.39, 0.29) is 17.7 Å². The lowest BCUT2D eigenvalue weighted by molar-refractivity contribution is 0.0684. The molecule has 1 aromatic rings. The molecule has 0 saturated heterocycles. The molecule has 7 heteroatoms. The van der Waals surface area contributed by atoms with Crippen molar-refractivity contribution in [1.29, 1.82) is 0 Å². The summed E-state index contributed by atoms with van der Waals surface area (Å²) in [6.07, 6.45) is 0.729. The van der Waals surface area contributed by atoms with Crippen LogP contribution in [0.3, 0.4) is 0 Å². The summed E-state index contributed by atoms with van der Waals surface area (Å²) in [5.74, 6) is -0.241. The van der Waals surface area contributed by atoms with Crippen molar-refractivity contribution >= 4 is 40.5 Å². The Balaban J connectivity index is 2.15. The standard InChI is InChI=1S/C12H14NO3PS2/c1-3-17(18,16-2)19-8-13-11(14)9-6-4-5-7-10(9)12(13)15/h4-7H,3,8H2,1-2H3. The first-order valence-corrected chi connectivity index (χ1v) is 10.3. The van der Waals surface area contributed by atoms with Crippen molar-refractivity contribution in [3.05, 3.63) is 35.4 Å². The Morgan fingerprint density at radius 2 is 1.79 bits per heavy atom. The largest absolute Gasteiger partial charge is 0.345 e. The second kappa shape index (κ2) is 5.75. The van der Waals surface area contributed by atoms with Crippen molar-refractivity contribution < 1.29 is 14.1 Å². The van der Waals surface area contributed by atoms with Crippen LogP contribution in [0.25, 0.3) is 0 Å². The molecule has 0 bridgehead atoms. The number of nitrogens with zero attached hydrogens (tertiary/aromatic N) is 1. The number of hydrogen-bond acceptors (Lipinski definition) is 5. The van der Waals surface area contributed by atoms with Gasteiger partial charge in [0, 0.05) is 13.3 Å². The second-order valence-corrected chi connectivity index (χ2v) is 11.7. The van der Waals surface area contributed by atoms with E-state index in [0.29, 0.717) is 11.1 Å². The molecule has 1 aromatic carbocycles. The molecule has 2 rings (SSSR count). The Labute approximate surface area is 121 Å². The molecule has 0 aliphatic carbocycles. The van der Waals surface area contributed by atoms with Crippen LogP contribution >= 0.6 is 16.8 Å². The SMILES string of the molecule is CCP(=S)(OC)SCN1C(=O)c2ccccc2C1=O. The summed E-state index contributed by atoms with van der Waals surface area (Å²) in [7, 11) is 1.58. The van der Waals surface area contributed by atoms with Crippen molar-refractivity contribution in [2.24, 2.45) is 0 Å². The van der Waals surface area contributed by atoms with E-state index in [1.165, 1.54) is 16.3 Å². The van der Waals surface area contributed by atoms with Gasteiger partial charge in [0.05, 0.1) is 17.0 Å². The topological polar surface area (TPSA) is 46.6 Å². The lowest BCUT2D eigenvalue weighted by Gasteiger charge is -2.20. The number of rotatable bonds is 5. The van der Waals surface area contributed by atoms with E-state index in [1.807, 2.05) is 6.92 Å². The van der Waals surface area contributed by atoms with E-state index in [1.54, 1.807) is 31.4 Å². The number of imide groups is 1. The molecule has 0 radical (unpaired) electrons. The van der Waals surface area contributed by atoms with E-state index in [0.717, 1.165) is 6.16 Å². The number of amides is 2. The summed E-state index contributed by atoms with van der Waals surface area (Å²) in [4.78, 5) is 25.5. The van der Waals surface area contributed by atoms with E-state index in [9.17, 15) is 9.59 Å². The number of fused-ring (bicyclic) bond motifs is 1. The highest BCUT2D eigenvalue weighted by Gasteiger charge is 2.35. The van der Waals surface area contributed by atoms with Crippen molar-refractivity contribution in [3.63, 3.8) is 0 Å². The lowest BCUT2D eigenvalue weighted by atomic mass is 10.1. The zero-order chi connectivity index (χ0) is 14.0. The van der Waals surface area contributed by atoms with Crippen LogP contribution in [-0.4, -0.2) is 35.9 Å². The molecule has 0 spiro atoms. The summed E-state index contributed by atoms with van der Waals surface area (Å²) < 4.78 is 5.33. The minimum atomic E-state index is -1.98. The fourth-order valence-electron chi connectivity index (χ4n) is 1.78. The molecule has 0 N–H and O–H groups in total. The first-order chi connectivity index (χ1) is 9.02. The predicted molar refractivity (Wildman–Crippen MR) is 81.2 cm³/mol. The molecule has 0 fully saturated rings. The third-order valence-electron chi connectivity index (χ3n) is 2.93. The fourth-order valence-corrected chi connectivity index (χ4v) is 5.01. The van der Waals surface area contributed by atoms with Gasteiger partial charge in [-0.25, -0.2) is 0 Å². The first kappa shape index (κ1) is 14.7. The summed E-state index contributed by atoms with van der Waals surface area (Å²) in [6.45, 7) is 1.96. The average Bonchev–Trinajstić information content (AvgIpc) is 2.69. The van der Waals surface area contributed by atoms with Crippen molar-refractivity contribution in [3.8, 4) is 0 Å². The number of benzene rings is 1. The van der Waals surface area contributed by atoms with Crippen molar-refractivity contribution in [1.82, 2.24) is 4.90 Å². The maximum absolute atomic E-state index is 12.1. The van der Waals surface area contributed by atoms with Crippen LogP contribution in [0.4, 0.5) is 0 Å². The summed E-state index contributed by atoms with van der Waals surface area (Å²) in [6, 6.07) is 6.86. The number of carbonyl (C=O) groups is 2. The van der Waals surface area contributed by atoms with Gasteiger partial charge in [-0.2, -0.15) is 0 Å². The summed E-state index contributed by atoms with van der Waals surface area (Å²) in [5, 5.41) is 0. The van der Waals surface area contributed by atoms with Gasteiger partial charge in [0.15, 0.2) is 0 Å². The second-order valence-electron chi connectivity index (χ2n) is 3.95. The number of hydrogen-bond donors (Lipinski definition) is 0. The number of carbonyl (C=O) groups excluding carboxylic acids is 2. The van der Waals surface area contributed by atoms with Gasteiger partial charge in [0.1, 0.15) is 5.47 Å². The fraction of sp³-hybridized carbons (Fsp3) is 0.333. The maximum Gasteiger partial charge on any atom is 0.262 e. The molecular formula is C12H14NO3PS2. The van der Waals surface area contributed by atoms with Crippen LogP contribution in [0.15, 0.2) is 24.3 Å². The van der Waals surface area contributed by atoms with Crippen LogP contribution < -0.4 is 0 Å². The summed E-state index contributed by atoms with van der Waals surface area (Å²) in [5.41, 5.74) is -1.04. The van der Waals surface area contributed by atoms with E-state index >= 15 is 0 Å². The molecule has 0 aromatic heterocycles. The Kier molecular flexibility index (Phi) is 4.46. The van der Waals surface area contributed by atoms with E-state index in [4.69, 9.17) is 16.3 Å². The van der Waals surface area contributed by atoms with Gasteiger partial charge >= 0.3 is 0 Å². The van der Waals surface area contributed by atoms with Gasteiger partial charge in [-0.05, 0) is 12.1 Å². The Bertz CT molecular complexity index is 533. The lowest BCUT2D eigenvalue weighted by Crippen LogP contribution is -2.29. The molecule has 4 nitrogen and oxygen atoms in total. The molecule has 19 heavy (non-hydrogen) atoms. The minimum Gasteiger partial charge on any atom is -0.345 e. The monoisotopic (exact) mass is 315 g/mol. The zero-order valence-corrected chi connectivity index (χ0v) is 13.2. The molecular weight excluding hydrogens is 301 g/mol. The molecule has 0 saturated carbocycles. The average molecular weight is 315 g/mol. The Hall–Kier alpha value is -0.680.